The van der Waals surface area contributed by atoms with Gasteiger partial charge in [-0.25, -0.2) is 4.98 Å². The van der Waals surface area contributed by atoms with Gasteiger partial charge < -0.3 is 20.5 Å². The first-order valence-corrected chi connectivity index (χ1v) is 5.92. The highest BCUT2D eigenvalue weighted by Gasteiger charge is 2.19. The maximum absolute atomic E-state index is 11.9. The van der Waals surface area contributed by atoms with Gasteiger partial charge >= 0.3 is 5.82 Å². The molecule has 1 heterocycles. The van der Waals surface area contributed by atoms with Crippen LogP contribution in [0, 0.1) is 10.1 Å². The molecule has 0 radical (unpaired) electrons. The molecule has 2 rings (SSSR count). The molecule has 0 aliphatic rings. The second kappa shape index (κ2) is 5.98. The molecule has 1 aromatic heterocycles. The number of rotatable bonds is 5. The summed E-state index contributed by atoms with van der Waals surface area (Å²) in [5.41, 5.74) is 0.829. The number of benzene rings is 1. The van der Waals surface area contributed by atoms with Crippen LogP contribution in [0.1, 0.15) is 22.1 Å². The zero-order valence-corrected chi connectivity index (χ0v) is 10.4. The zero-order chi connectivity index (χ0) is 14.5. The molecule has 0 aliphatic heterocycles. The van der Waals surface area contributed by atoms with Gasteiger partial charge in [-0.2, -0.15) is 0 Å². The van der Waals surface area contributed by atoms with Gasteiger partial charge in [-0.15, -0.1) is 0 Å². The third-order valence-electron chi connectivity index (χ3n) is 2.80. The fourth-order valence-corrected chi connectivity index (χ4v) is 1.78. The second-order valence-corrected chi connectivity index (χ2v) is 4.13. The maximum Gasteiger partial charge on any atom is 0.321 e. The highest BCUT2D eigenvalue weighted by atomic mass is 16.6. The van der Waals surface area contributed by atoms with Gasteiger partial charge in [0.2, 0.25) is 0 Å². The minimum atomic E-state index is -0.614. The molecule has 0 bridgehead atoms. The van der Waals surface area contributed by atoms with Crippen LogP contribution in [0.4, 0.5) is 5.82 Å². The number of hydrogen-bond donors (Lipinski definition) is 3. The van der Waals surface area contributed by atoms with E-state index < -0.39 is 16.9 Å². The molecule has 1 atom stereocenters. The van der Waals surface area contributed by atoms with Gasteiger partial charge in [0.15, 0.2) is 5.69 Å². The summed E-state index contributed by atoms with van der Waals surface area (Å²) >= 11 is 0. The van der Waals surface area contributed by atoms with E-state index in [1.807, 2.05) is 6.07 Å². The van der Waals surface area contributed by atoms with E-state index >= 15 is 0 Å². The van der Waals surface area contributed by atoms with E-state index in [0.29, 0.717) is 0 Å². The topological polar surface area (TPSA) is 108 Å². The summed E-state index contributed by atoms with van der Waals surface area (Å²) in [6, 6.07) is 10.9. The molecule has 0 saturated heterocycles. The lowest BCUT2D eigenvalue weighted by atomic mass is 10.1. The minimum Gasteiger partial charge on any atom is -0.394 e. The summed E-state index contributed by atoms with van der Waals surface area (Å²) < 4.78 is 0. The number of aromatic nitrogens is 1. The lowest BCUT2D eigenvalue weighted by Crippen LogP contribution is -2.31. The van der Waals surface area contributed by atoms with Crippen LogP contribution >= 0.6 is 0 Å². The lowest BCUT2D eigenvalue weighted by molar-refractivity contribution is -0.389. The van der Waals surface area contributed by atoms with Crippen LogP contribution in [0.15, 0.2) is 42.5 Å². The number of carbonyl (C=O) groups excluding carboxylic acids is 1. The summed E-state index contributed by atoms with van der Waals surface area (Å²) in [4.78, 5) is 24.3. The average molecular weight is 275 g/mol. The maximum atomic E-state index is 11.9. The number of nitro groups is 1. The Hall–Kier alpha value is -2.67. The van der Waals surface area contributed by atoms with E-state index in [-0.39, 0.29) is 18.1 Å². The van der Waals surface area contributed by atoms with Crippen molar-refractivity contribution in [3.05, 3.63) is 63.8 Å². The smallest absolute Gasteiger partial charge is 0.321 e. The van der Waals surface area contributed by atoms with E-state index in [0.717, 1.165) is 5.56 Å². The predicted molar refractivity (Wildman–Crippen MR) is 71.2 cm³/mol. The van der Waals surface area contributed by atoms with E-state index in [9.17, 15) is 20.0 Å². The van der Waals surface area contributed by atoms with Crippen LogP contribution in [0.5, 0.6) is 0 Å². The van der Waals surface area contributed by atoms with E-state index in [4.69, 9.17) is 0 Å². The second-order valence-electron chi connectivity index (χ2n) is 4.13. The third-order valence-corrected chi connectivity index (χ3v) is 2.80. The van der Waals surface area contributed by atoms with Gasteiger partial charge in [-0.3, -0.25) is 4.79 Å². The summed E-state index contributed by atoms with van der Waals surface area (Å²) in [7, 11) is 0. The third kappa shape index (κ3) is 3.01. The number of H-pyrrole nitrogens is 1. The van der Waals surface area contributed by atoms with Gasteiger partial charge in [0.25, 0.3) is 5.91 Å². The molecule has 1 aromatic carbocycles. The normalized spacial score (nSPS) is 11.8. The first-order chi connectivity index (χ1) is 9.61. The van der Waals surface area contributed by atoms with Crippen molar-refractivity contribution in [2.45, 2.75) is 6.04 Å². The van der Waals surface area contributed by atoms with E-state index in [1.54, 1.807) is 24.3 Å². The predicted octanol–water partition coefficient (Wildman–Crippen LogP) is 1.39. The van der Waals surface area contributed by atoms with Crippen molar-refractivity contribution in [2.75, 3.05) is 6.61 Å². The Balaban J connectivity index is 2.11. The molecule has 7 nitrogen and oxygen atoms in total. The van der Waals surface area contributed by atoms with Gasteiger partial charge in [0.05, 0.1) is 12.6 Å². The van der Waals surface area contributed by atoms with Crippen LogP contribution in [0.25, 0.3) is 0 Å². The molecular weight excluding hydrogens is 262 g/mol. The lowest BCUT2D eigenvalue weighted by Gasteiger charge is -2.15. The Bertz CT molecular complexity index is 609. The quantitative estimate of drug-likeness (QED) is 0.566. The monoisotopic (exact) mass is 275 g/mol. The molecule has 0 fully saturated rings. The number of aromatic amines is 1. The number of aliphatic hydroxyl groups is 1. The van der Waals surface area contributed by atoms with Crippen molar-refractivity contribution >= 4 is 11.7 Å². The Labute approximate surface area is 114 Å². The van der Waals surface area contributed by atoms with E-state index in [1.165, 1.54) is 12.1 Å². The van der Waals surface area contributed by atoms with Crippen molar-refractivity contribution < 1.29 is 14.8 Å². The van der Waals surface area contributed by atoms with Gasteiger partial charge in [0, 0.05) is 6.07 Å². The molecule has 0 spiro atoms. The molecule has 1 amide bonds. The van der Waals surface area contributed by atoms with Gasteiger partial charge in [-0.1, -0.05) is 30.3 Å². The van der Waals surface area contributed by atoms with Crippen LogP contribution in [-0.4, -0.2) is 27.5 Å². The largest absolute Gasteiger partial charge is 0.394 e. The fraction of sp³-hybridized carbons (Fsp3) is 0.154. The number of nitrogens with one attached hydrogen (secondary N) is 2. The summed E-state index contributed by atoms with van der Waals surface area (Å²) in [5.74, 6) is -0.767. The summed E-state index contributed by atoms with van der Waals surface area (Å²) in [6.07, 6.45) is 0. The number of nitrogens with zero attached hydrogens (tertiary/aromatic N) is 1. The summed E-state index contributed by atoms with van der Waals surface area (Å²) in [5, 5.41) is 22.5. The van der Waals surface area contributed by atoms with Crippen LogP contribution in [-0.2, 0) is 0 Å². The van der Waals surface area contributed by atoms with Crippen LogP contribution in [0.2, 0.25) is 0 Å². The number of hydrogen-bond acceptors (Lipinski definition) is 4. The van der Waals surface area contributed by atoms with Gasteiger partial charge in [0.1, 0.15) is 0 Å². The van der Waals surface area contributed by atoms with Crippen molar-refractivity contribution in [2.24, 2.45) is 0 Å². The Morgan fingerprint density at radius 1 is 1.30 bits per heavy atom. The molecule has 0 aliphatic carbocycles. The molecule has 0 saturated carbocycles. The number of amides is 1. The fourth-order valence-electron chi connectivity index (χ4n) is 1.78. The highest BCUT2D eigenvalue weighted by molar-refractivity contribution is 5.93. The van der Waals surface area contributed by atoms with E-state index in [2.05, 4.69) is 10.3 Å². The van der Waals surface area contributed by atoms with Crippen molar-refractivity contribution in [3.63, 3.8) is 0 Å². The standard InChI is InChI=1S/C13H13N3O4/c17-8-11(9-4-2-1-3-5-9)15-13(18)10-6-7-12(14-10)16(19)20/h1-7,11,14,17H,8H2,(H,15,18)/t11-/m1/s1. The SMILES string of the molecule is O=C(N[C@H](CO)c1ccccc1)c1ccc([N+](=O)[O-])[nH]1. The van der Waals surface area contributed by atoms with Crippen molar-refractivity contribution in [1.29, 1.82) is 0 Å². The molecule has 0 unspecified atom stereocenters. The molecule has 20 heavy (non-hydrogen) atoms. The van der Waals surface area contributed by atoms with Gasteiger partial charge in [-0.05, 0) is 16.6 Å². The Morgan fingerprint density at radius 2 is 2.00 bits per heavy atom. The Kier molecular flexibility index (Phi) is 4.11. The molecule has 3 N–H and O–H groups in total. The zero-order valence-electron chi connectivity index (χ0n) is 10.4. The van der Waals surface area contributed by atoms with Crippen molar-refractivity contribution in [3.8, 4) is 0 Å². The Morgan fingerprint density at radius 3 is 2.55 bits per heavy atom. The molecule has 104 valence electrons. The molecule has 2 aromatic rings. The summed E-state index contributed by atoms with van der Waals surface area (Å²) in [6.45, 7) is -0.265. The minimum absolute atomic E-state index is 0.0751. The average Bonchev–Trinajstić information content (AvgIpc) is 2.95. The first kappa shape index (κ1) is 13.8. The van der Waals surface area contributed by atoms with Crippen LogP contribution < -0.4 is 5.32 Å². The number of aliphatic hydroxyl groups excluding tert-OH is 1. The first-order valence-electron chi connectivity index (χ1n) is 5.92. The molecule has 7 heteroatoms. The highest BCUT2D eigenvalue weighted by Crippen LogP contribution is 2.14. The molecular formula is C13H13N3O4. The number of carbonyl (C=O) groups is 1. The van der Waals surface area contributed by atoms with Crippen LogP contribution in [0.3, 0.4) is 0 Å². The van der Waals surface area contributed by atoms with Crippen molar-refractivity contribution in [1.82, 2.24) is 10.3 Å².